The zero-order valence-electron chi connectivity index (χ0n) is 30.8. The van der Waals surface area contributed by atoms with Crippen LogP contribution in [0.5, 0.6) is 0 Å². The summed E-state index contributed by atoms with van der Waals surface area (Å²) in [5, 5.41) is 30.4. The summed E-state index contributed by atoms with van der Waals surface area (Å²) in [5.74, 6) is -3.94. The highest BCUT2D eigenvalue weighted by atomic mass is 35.5. The number of rotatable bonds is 11. The molecule has 3 aliphatic rings. The number of carbonyl (C=O) groups is 6. The first-order chi connectivity index (χ1) is 27.9. The standard InChI is InChI=1S/C40H31N7O11.ClH/c48-35(42-8-7-41-9-10-44-37(50)29-5-1-3-22-16-27(46(54)55)20-31(33(22)29)38(44)51)24-15-25(36(49)43-11-13-58-14-12-43)19-26(18-24)45-39(52)30-6-2-4-23-17-28(47(56)57)21-32(34(23)30)40(45)53;/h1-6,15-21,41H,7-14H2,(H,42,48);1H. The van der Waals surface area contributed by atoms with E-state index in [-0.39, 0.29) is 108 Å². The van der Waals surface area contributed by atoms with Gasteiger partial charge < -0.3 is 20.3 Å². The lowest BCUT2D eigenvalue weighted by molar-refractivity contribution is -0.384. The lowest BCUT2D eigenvalue weighted by Gasteiger charge is -2.29. The molecule has 6 amide bonds. The number of nitro benzene ring substituents is 2. The minimum Gasteiger partial charge on any atom is -0.378 e. The maximum absolute atomic E-state index is 14.0. The summed E-state index contributed by atoms with van der Waals surface area (Å²) in [7, 11) is 0. The molecule has 18 nitrogen and oxygen atoms in total. The molecule has 1 fully saturated rings. The number of amides is 6. The van der Waals surface area contributed by atoms with Crippen molar-refractivity contribution in [3.05, 3.63) is 132 Å². The first-order valence-electron chi connectivity index (χ1n) is 18.1. The zero-order valence-corrected chi connectivity index (χ0v) is 31.6. The number of imide groups is 2. The SMILES string of the molecule is Cl.O=C(NCCNCCN1C(=O)c2cccc3cc([N+](=O)[O-])cc(c23)C1=O)c1cc(C(=O)N2CCOCC2)cc(N2C(=O)c3cccc4cc([N+](=O)[O-])cc(c34)C2=O)c1. The summed E-state index contributed by atoms with van der Waals surface area (Å²) in [5.41, 5.74) is -0.428. The van der Waals surface area contributed by atoms with Gasteiger partial charge in [-0.05, 0) is 41.1 Å². The second-order valence-corrected chi connectivity index (χ2v) is 13.7. The number of morpholine rings is 1. The fourth-order valence-corrected chi connectivity index (χ4v) is 7.51. The van der Waals surface area contributed by atoms with Crippen molar-refractivity contribution in [1.29, 1.82) is 0 Å². The van der Waals surface area contributed by atoms with Gasteiger partial charge >= 0.3 is 0 Å². The fourth-order valence-electron chi connectivity index (χ4n) is 7.51. The van der Waals surface area contributed by atoms with E-state index in [1.54, 1.807) is 24.3 Å². The lowest BCUT2D eigenvalue weighted by atomic mass is 9.92. The maximum Gasteiger partial charge on any atom is 0.270 e. The van der Waals surface area contributed by atoms with Gasteiger partial charge in [0.25, 0.3) is 46.8 Å². The van der Waals surface area contributed by atoms with Crippen molar-refractivity contribution >= 4 is 86.5 Å². The van der Waals surface area contributed by atoms with Crippen molar-refractivity contribution in [3.63, 3.8) is 0 Å². The molecule has 0 atom stereocenters. The molecule has 1 saturated heterocycles. The van der Waals surface area contributed by atoms with E-state index in [9.17, 15) is 49.0 Å². The first-order valence-corrected chi connectivity index (χ1v) is 18.1. The van der Waals surface area contributed by atoms with Gasteiger partial charge in [-0.25, -0.2) is 4.90 Å². The topological polar surface area (TPSA) is 232 Å². The number of carbonyl (C=O) groups excluding carboxylic acids is 6. The lowest BCUT2D eigenvalue weighted by Crippen LogP contribution is -2.44. The van der Waals surface area contributed by atoms with Crippen LogP contribution in [0.3, 0.4) is 0 Å². The van der Waals surface area contributed by atoms with E-state index in [0.717, 1.165) is 21.9 Å². The molecule has 8 rings (SSSR count). The van der Waals surface area contributed by atoms with Crippen LogP contribution in [0.4, 0.5) is 17.1 Å². The van der Waals surface area contributed by atoms with Gasteiger partial charge in [0.15, 0.2) is 0 Å². The maximum atomic E-state index is 14.0. The van der Waals surface area contributed by atoms with Crippen molar-refractivity contribution in [2.24, 2.45) is 0 Å². The van der Waals surface area contributed by atoms with E-state index in [4.69, 9.17) is 4.74 Å². The number of halogens is 1. The van der Waals surface area contributed by atoms with E-state index < -0.39 is 45.3 Å². The minimum absolute atomic E-state index is 0. The van der Waals surface area contributed by atoms with Gasteiger partial charge in [0.05, 0.1) is 39.9 Å². The quantitative estimate of drug-likeness (QED) is 0.0830. The number of non-ortho nitro benzene ring substituents is 2. The van der Waals surface area contributed by atoms with Crippen molar-refractivity contribution in [3.8, 4) is 0 Å². The molecular weight excluding hydrogens is 790 g/mol. The second kappa shape index (κ2) is 16.0. The molecule has 0 aliphatic carbocycles. The molecule has 0 saturated carbocycles. The van der Waals surface area contributed by atoms with Gasteiger partial charge in [-0.1, -0.05) is 24.3 Å². The molecular formula is C40H32ClN7O11. The van der Waals surface area contributed by atoms with Crippen LogP contribution in [0, 0.1) is 20.2 Å². The normalized spacial score (nSPS) is 14.7. The number of ether oxygens (including phenoxy) is 1. The first kappa shape index (κ1) is 40.1. The molecule has 5 aromatic carbocycles. The molecule has 5 aromatic rings. The molecule has 0 aromatic heterocycles. The molecule has 0 radical (unpaired) electrons. The van der Waals surface area contributed by atoms with Gasteiger partial charge in [-0.2, -0.15) is 0 Å². The van der Waals surface area contributed by atoms with Gasteiger partial charge in [0.1, 0.15) is 0 Å². The number of nitrogens with one attached hydrogen (secondary N) is 2. The van der Waals surface area contributed by atoms with Gasteiger partial charge in [-0.15, -0.1) is 12.4 Å². The monoisotopic (exact) mass is 821 g/mol. The number of nitrogens with zero attached hydrogens (tertiary/aromatic N) is 5. The third kappa shape index (κ3) is 7.20. The summed E-state index contributed by atoms with van der Waals surface area (Å²) < 4.78 is 5.37. The Morgan fingerprint density at radius 1 is 0.661 bits per heavy atom. The molecule has 19 heteroatoms. The minimum atomic E-state index is -0.868. The predicted octanol–water partition coefficient (Wildman–Crippen LogP) is 4.12. The Morgan fingerprint density at radius 3 is 1.81 bits per heavy atom. The van der Waals surface area contributed by atoms with Gasteiger partial charge in [0, 0.05) is 96.6 Å². The molecule has 0 unspecified atom stereocenters. The summed E-state index contributed by atoms with van der Waals surface area (Å²) in [6, 6.07) is 18.1. The second-order valence-electron chi connectivity index (χ2n) is 13.7. The molecule has 59 heavy (non-hydrogen) atoms. The molecule has 2 N–H and O–H groups in total. The Labute approximate surface area is 339 Å². The number of hydrogen-bond donors (Lipinski definition) is 2. The number of nitro groups is 2. The summed E-state index contributed by atoms with van der Waals surface area (Å²) in [4.78, 5) is 107. The Morgan fingerprint density at radius 2 is 1.20 bits per heavy atom. The van der Waals surface area contributed by atoms with Gasteiger partial charge in [-0.3, -0.25) is 53.9 Å². The van der Waals surface area contributed by atoms with E-state index in [0.29, 0.717) is 29.4 Å². The van der Waals surface area contributed by atoms with Crippen LogP contribution in [0.25, 0.3) is 21.5 Å². The summed E-state index contributed by atoms with van der Waals surface area (Å²) in [6.45, 7) is 1.38. The zero-order chi connectivity index (χ0) is 40.8. The van der Waals surface area contributed by atoms with Crippen LogP contribution in [-0.2, 0) is 4.74 Å². The smallest absolute Gasteiger partial charge is 0.270 e. The van der Waals surface area contributed by atoms with Gasteiger partial charge in [0.2, 0.25) is 0 Å². The fraction of sp³-hybridized carbons (Fsp3) is 0.200. The molecule has 0 spiro atoms. The molecule has 3 heterocycles. The highest BCUT2D eigenvalue weighted by Gasteiger charge is 2.37. The largest absolute Gasteiger partial charge is 0.378 e. The number of anilines is 1. The number of benzene rings is 5. The van der Waals surface area contributed by atoms with Crippen molar-refractivity contribution in [1.82, 2.24) is 20.4 Å². The Kier molecular flexibility index (Phi) is 10.9. The van der Waals surface area contributed by atoms with E-state index >= 15 is 0 Å². The Bertz CT molecular complexity index is 2680. The Balaban J connectivity index is 0.00000528. The van der Waals surface area contributed by atoms with Crippen molar-refractivity contribution < 1.29 is 43.4 Å². The van der Waals surface area contributed by atoms with Crippen molar-refractivity contribution in [2.45, 2.75) is 0 Å². The van der Waals surface area contributed by atoms with E-state index in [1.807, 2.05) is 0 Å². The van der Waals surface area contributed by atoms with Crippen LogP contribution in [0.1, 0.15) is 62.1 Å². The highest BCUT2D eigenvalue weighted by molar-refractivity contribution is 6.36. The van der Waals surface area contributed by atoms with Crippen LogP contribution >= 0.6 is 12.4 Å². The van der Waals surface area contributed by atoms with Crippen molar-refractivity contribution in [2.75, 3.05) is 57.4 Å². The van der Waals surface area contributed by atoms with Crippen LogP contribution in [-0.4, -0.2) is 108 Å². The predicted molar refractivity (Wildman–Crippen MR) is 213 cm³/mol. The summed E-state index contributed by atoms with van der Waals surface area (Å²) in [6.07, 6.45) is 0. The highest BCUT2D eigenvalue weighted by Crippen LogP contribution is 2.37. The van der Waals surface area contributed by atoms with Crippen LogP contribution < -0.4 is 15.5 Å². The summed E-state index contributed by atoms with van der Waals surface area (Å²) >= 11 is 0. The third-order valence-corrected chi connectivity index (χ3v) is 10.2. The van der Waals surface area contributed by atoms with Crippen LogP contribution in [0.2, 0.25) is 0 Å². The molecule has 0 bridgehead atoms. The van der Waals surface area contributed by atoms with Crippen LogP contribution in [0.15, 0.2) is 78.9 Å². The van der Waals surface area contributed by atoms with E-state index in [1.165, 1.54) is 47.4 Å². The third-order valence-electron chi connectivity index (χ3n) is 10.2. The number of hydrogen-bond acceptors (Lipinski definition) is 12. The molecule has 3 aliphatic heterocycles. The van der Waals surface area contributed by atoms with E-state index in [2.05, 4.69) is 10.6 Å². The average Bonchev–Trinajstić information content (AvgIpc) is 3.23. The Hall–Kier alpha value is -7.15. The average molecular weight is 822 g/mol. The molecule has 300 valence electrons.